The number of nitrogens with zero attached hydrogens (tertiary/aromatic N) is 2. The van der Waals surface area contributed by atoms with Crippen LogP contribution in [0.4, 0.5) is 5.69 Å². The fourth-order valence-corrected chi connectivity index (χ4v) is 4.33. The first-order valence-corrected chi connectivity index (χ1v) is 10.5. The third-order valence-corrected chi connectivity index (χ3v) is 6.09. The first-order valence-electron chi connectivity index (χ1n) is 8.76. The molecule has 0 aliphatic rings. The van der Waals surface area contributed by atoms with E-state index < -0.39 is 6.04 Å². The van der Waals surface area contributed by atoms with Gasteiger partial charge in [-0.1, -0.05) is 31.2 Å². The second-order valence-corrected chi connectivity index (χ2v) is 8.02. The van der Waals surface area contributed by atoms with Crippen LogP contribution in [0.25, 0.3) is 9.88 Å². The van der Waals surface area contributed by atoms with Crippen LogP contribution in [-0.4, -0.2) is 34.3 Å². The van der Waals surface area contributed by atoms with Crippen LogP contribution in [0.1, 0.15) is 29.9 Å². The molecule has 7 heteroatoms. The molecule has 1 N–H and O–H groups in total. The summed E-state index contributed by atoms with van der Waals surface area (Å²) in [5.41, 5.74) is 0.719. The number of thiophene rings is 1. The summed E-state index contributed by atoms with van der Waals surface area (Å²) in [6.07, 6.45) is 2.37. The Bertz CT molecular complexity index is 891. The van der Waals surface area contributed by atoms with Crippen molar-refractivity contribution in [2.75, 3.05) is 11.9 Å². The van der Waals surface area contributed by atoms with Crippen LogP contribution >= 0.6 is 22.7 Å². The van der Waals surface area contributed by atoms with Crippen molar-refractivity contribution in [3.05, 3.63) is 58.9 Å². The molecule has 1 atom stereocenters. The minimum atomic E-state index is -0.579. The molecule has 140 valence electrons. The third-order valence-electron chi connectivity index (χ3n) is 4.06. The maximum absolute atomic E-state index is 13.0. The maximum atomic E-state index is 13.0. The van der Waals surface area contributed by atoms with Gasteiger partial charge in [0.15, 0.2) is 0 Å². The molecule has 0 aliphatic heterocycles. The van der Waals surface area contributed by atoms with Crippen molar-refractivity contribution < 1.29 is 9.59 Å². The molecule has 0 spiro atoms. The summed E-state index contributed by atoms with van der Waals surface area (Å²) in [7, 11) is 0. The summed E-state index contributed by atoms with van der Waals surface area (Å²) < 4.78 is 0. The van der Waals surface area contributed by atoms with Crippen LogP contribution in [0.5, 0.6) is 0 Å². The van der Waals surface area contributed by atoms with Gasteiger partial charge >= 0.3 is 0 Å². The van der Waals surface area contributed by atoms with Crippen LogP contribution in [0.3, 0.4) is 0 Å². The predicted octanol–water partition coefficient (Wildman–Crippen LogP) is 4.75. The van der Waals surface area contributed by atoms with Crippen LogP contribution < -0.4 is 5.32 Å². The first-order chi connectivity index (χ1) is 13.1. The number of para-hydroxylation sites is 1. The van der Waals surface area contributed by atoms with E-state index in [0.29, 0.717) is 11.4 Å². The fourth-order valence-electron chi connectivity index (χ4n) is 2.65. The van der Waals surface area contributed by atoms with Crippen molar-refractivity contribution >= 4 is 40.2 Å². The number of nitrogens with one attached hydrogen (secondary N) is 1. The largest absolute Gasteiger partial charge is 0.326 e. The van der Waals surface area contributed by atoms with Gasteiger partial charge in [0.05, 0.1) is 11.1 Å². The summed E-state index contributed by atoms with van der Waals surface area (Å²) in [5.74, 6) is -0.362. The number of hydrogen-bond acceptors (Lipinski definition) is 5. The molecule has 3 aromatic rings. The molecule has 0 aliphatic carbocycles. The summed E-state index contributed by atoms with van der Waals surface area (Å²) in [6.45, 7) is 4.26. The minimum Gasteiger partial charge on any atom is -0.326 e. The normalized spacial score (nSPS) is 11.8. The van der Waals surface area contributed by atoms with Crippen LogP contribution in [0, 0.1) is 0 Å². The van der Waals surface area contributed by atoms with Crippen molar-refractivity contribution in [1.82, 2.24) is 9.88 Å². The van der Waals surface area contributed by atoms with Crippen LogP contribution in [0.2, 0.25) is 0 Å². The van der Waals surface area contributed by atoms with Gasteiger partial charge in [0.1, 0.15) is 15.9 Å². The molecule has 2 amide bonds. The topological polar surface area (TPSA) is 62.3 Å². The summed E-state index contributed by atoms with van der Waals surface area (Å²) in [5, 5.41) is 5.68. The van der Waals surface area contributed by atoms with Crippen molar-refractivity contribution in [2.45, 2.75) is 26.3 Å². The van der Waals surface area contributed by atoms with E-state index in [4.69, 9.17) is 0 Å². The lowest BCUT2D eigenvalue weighted by Crippen LogP contribution is -2.45. The van der Waals surface area contributed by atoms with E-state index in [1.54, 1.807) is 29.4 Å². The summed E-state index contributed by atoms with van der Waals surface area (Å²) >= 11 is 2.95. The molecule has 27 heavy (non-hydrogen) atoms. The molecule has 2 aromatic heterocycles. The number of carbonyl (C=O) groups is 2. The highest BCUT2D eigenvalue weighted by molar-refractivity contribution is 7.21. The number of thiazole rings is 1. The molecule has 1 aromatic carbocycles. The van der Waals surface area contributed by atoms with Gasteiger partial charge in [-0.15, -0.1) is 22.7 Å². The number of rotatable bonds is 7. The van der Waals surface area contributed by atoms with E-state index in [1.165, 1.54) is 11.3 Å². The van der Waals surface area contributed by atoms with Crippen LogP contribution in [0.15, 0.2) is 54.0 Å². The Hall–Kier alpha value is -2.51. The Morgan fingerprint density at radius 1 is 1.19 bits per heavy atom. The Labute approximate surface area is 166 Å². The maximum Gasteiger partial charge on any atom is 0.266 e. The Kier molecular flexibility index (Phi) is 6.36. The van der Waals surface area contributed by atoms with E-state index in [-0.39, 0.29) is 11.8 Å². The average Bonchev–Trinajstić information content (AvgIpc) is 3.37. The second kappa shape index (κ2) is 8.92. The lowest BCUT2D eigenvalue weighted by molar-refractivity contribution is -0.120. The number of amides is 2. The zero-order chi connectivity index (χ0) is 19.2. The zero-order valence-electron chi connectivity index (χ0n) is 15.2. The Morgan fingerprint density at radius 3 is 2.63 bits per heavy atom. The minimum absolute atomic E-state index is 0.159. The van der Waals surface area contributed by atoms with Crippen LogP contribution in [-0.2, 0) is 4.79 Å². The molecule has 2 heterocycles. The van der Waals surface area contributed by atoms with Gasteiger partial charge < -0.3 is 10.2 Å². The second-order valence-electron chi connectivity index (χ2n) is 6.04. The molecule has 0 saturated heterocycles. The Morgan fingerprint density at radius 2 is 1.96 bits per heavy atom. The third kappa shape index (κ3) is 4.61. The molecule has 3 rings (SSSR count). The SMILES string of the molecule is CCCN(C(=O)c1cnc(-c2cccs2)s1)C(C)C(=O)Nc1ccccc1. The number of anilines is 1. The fraction of sp³-hybridized carbons (Fsp3) is 0.250. The lowest BCUT2D eigenvalue weighted by Gasteiger charge is -2.27. The standard InChI is InChI=1S/C20H21N3O2S2/c1-3-11-23(14(2)18(24)22-15-8-5-4-6-9-15)20(25)17-13-21-19(27-17)16-10-7-12-26-16/h4-10,12-14H,3,11H2,1-2H3,(H,22,24). The van der Waals surface area contributed by atoms with E-state index in [9.17, 15) is 9.59 Å². The van der Waals surface area contributed by atoms with Gasteiger partial charge in [0.2, 0.25) is 5.91 Å². The highest BCUT2D eigenvalue weighted by atomic mass is 32.1. The molecule has 0 bridgehead atoms. The smallest absolute Gasteiger partial charge is 0.266 e. The van der Waals surface area contributed by atoms with Crippen molar-refractivity contribution in [1.29, 1.82) is 0 Å². The van der Waals surface area contributed by atoms with E-state index >= 15 is 0 Å². The van der Waals surface area contributed by atoms with Crippen molar-refractivity contribution in [2.24, 2.45) is 0 Å². The highest BCUT2D eigenvalue weighted by Crippen LogP contribution is 2.29. The molecule has 0 radical (unpaired) electrons. The number of benzene rings is 1. The van der Waals surface area contributed by atoms with Crippen molar-refractivity contribution in [3.8, 4) is 9.88 Å². The molecule has 0 saturated carbocycles. The van der Waals surface area contributed by atoms with Gasteiger partial charge in [-0.25, -0.2) is 4.98 Å². The van der Waals surface area contributed by atoms with E-state index in [1.807, 2.05) is 54.8 Å². The first kappa shape index (κ1) is 19.3. The molecular formula is C20H21N3O2S2. The van der Waals surface area contributed by atoms with Gasteiger partial charge in [0.25, 0.3) is 5.91 Å². The van der Waals surface area contributed by atoms with Gasteiger partial charge in [-0.05, 0) is 36.9 Å². The monoisotopic (exact) mass is 399 g/mol. The average molecular weight is 400 g/mol. The number of aromatic nitrogens is 1. The lowest BCUT2D eigenvalue weighted by atomic mass is 10.2. The molecule has 1 unspecified atom stereocenters. The number of hydrogen-bond donors (Lipinski definition) is 1. The predicted molar refractivity (Wildman–Crippen MR) is 111 cm³/mol. The summed E-state index contributed by atoms with van der Waals surface area (Å²) in [4.78, 5) is 33.3. The molecular weight excluding hydrogens is 378 g/mol. The summed E-state index contributed by atoms with van der Waals surface area (Å²) in [6, 6.07) is 12.6. The van der Waals surface area contributed by atoms with Gasteiger partial charge in [-0.3, -0.25) is 9.59 Å². The molecule has 5 nitrogen and oxygen atoms in total. The van der Waals surface area contributed by atoms with E-state index in [0.717, 1.165) is 22.0 Å². The van der Waals surface area contributed by atoms with E-state index in [2.05, 4.69) is 10.3 Å². The van der Waals surface area contributed by atoms with Crippen molar-refractivity contribution in [3.63, 3.8) is 0 Å². The zero-order valence-corrected chi connectivity index (χ0v) is 16.8. The Balaban J connectivity index is 1.75. The quantitative estimate of drug-likeness (QED) is 0.623. The highest BCUT2D eigenvalue weighted by Gasteiger charge is 2.27. The number of carbonyl (C=O) groups excluding carboxylic acids is 2. The van der Waals surface area contributed by atoms with Gasteiger partial charge in [-0.2, -0.15) is 0 Å². The van der Waals surface area contributed by atoms with Gasteiger partial charge in [0, 0.05) is 12.2 Å². The molecule has 0 fully saturated rings.